The van der Waals surface area contributed by atoms with Crippen molar-refractivity contribution >= 4 is 5.69 Å². The van der Waals surface area contributed by atoms with Crippen molar-refractivity contribution in [3.8, 4) is 5.75 Å². The Bertz CT molecular complexity index is 333. The lowest BCUT2D eigenvalue weighted by atomic mass is 10.3. The van der Waals surface area contributed by atoms with Gasteiger partial charge in [-0.2, -0.15) is 0 Å². The Balaban J connectivity index is 2.25. The van der Waals surface area contributed by atoms with Crippen LogP contribution in [0.4, 0.5) is 5.69 Å². The molecule has 0 radical (unpaired) electrons. The van der Waals surface area contributed by atoms with Crippen molar-refractivity contribution in [2.45, 2.75) is 18.9 Å². The van der Waals surface area contributed by atoms with Gasteiger partial charge < -0.3 is 4.74 Å². The zero-order valence-electron chi connectivity index (χ0n) is 6.97. The van der Waals surface area contributed by atoms with Gasteiger partial charge in [-0.25, -0.2) is 0 Å². The number of nitro groups is 1. The molecule has 1 aliphatic rings. The van der Waals surface area contributed by atoms with E-state index in [1.165, 1.54) is 6.07 Å². The normalized spacial score (nSPS) is 15.4. The van der Waals surface area contributed by atoms with Gasteiger partial charge in [0.05, 0.1) is 11.0 Å². The zero-order valence-corrected chi connectivity index (χ0v) is 6.97. The van der Waals surface area contributed by atoms with Crippen LogP contribution < -0.4 is 4.74 Å². The SMILES string of the molecule is O=[N+]([O-])c1ccccc1OC1CC1. The van der Waals surface area contributed by atoms with Crippen LogP contribution in [0, 0.1) is 10.1 Å². The Morgan fingerprint density at radius 2 is 2.08 bits per heavy atom. The number of ether oxygens (including phenoxy) is 1. The van der Waals surface area contributed by atoms with Gasteiger partial charge in [0.25, 0.3) is 0 Å². The summed E-state index contributed by atoms with van der Waals surface area (Å²) in [4.78, 5) is 10.1. The summed E-state index contributed by atoms with van der Waals surface area (Å²) < 4.78 is 5.38. The van der Waals surface area contributed by atoms with E-state index in [4.69, 9.17) is 4.74 Å². The first kappa shape index (κ1) is 8.04. The van der Waals surface area contributed by atoms with Crippen LogP contribution in [-0.2, 0) is 0 Å². The number of rotatable bonds is 3. The number of nitro benzene ring substituents is 1. The van der Waals surface area contributed by atoms with Gasteiger partial charge in [0.1, 0.15) is 0 Å². The molecule has 4 heteroatoms. The topological polar surface area (TPSA) is 52.4 Å². The molecule has 0 heterocycles. The van der Waals surface area contributed by atoms with Crippen LogP contribution in [-0.4, -0.2) is 11.0 Å². The maximum absolute atomic E-state index is 10.5. The minimum absolute atomic E-state index is 0.0504. The average molecular weight is 179 g/mol. The highest BCUT2D eigenvalue weighted by atomic mass is 16.6. The molecule has 0 aliphatic heterocycles. The van der Waals surface area contributed by atoms with Crippen LogP contribution >= 0.6 is 0 Å². The highest BCUT2D eigenvalue weighted by Crippen LogP contribution is 2.32. The molecule has 0 bridgehead atoms. The largest absolute Gasteiger partial charge is 0.483 e. The third-order valence-electron chi connectivity index (χ3n) is 1.88. The molecule has 0 spiro atoms. The first-order valence-corrected chi connectivity index (χ1v) is 4.17. The lowest BCUT2D eigenvalue weighted by molar-refractivity contribution is -0.385. The number of para-hydroxylation sites is 2. The minimum atomic E-state index is -0.419. The summed E-state index contributed by atoms with van der Waals surface area (Å²) in [6.45, 7) is 0. The molecule has 68 valence electrons. The Morgan fingerprint density at radius 3 is 2.69 bits per heavy atom. The standard InChI is InChI=1S/C9H9NO3/c11-10(12)8-3-1-2-4-9(8)13-7-5-6-7/h1-4,7H,5-6H2. The highest BCUT2D eigenvalue weighted by Gasteiger charge is 2.26. The summed E-state index contributed by atoms with van der Waals surface area (Å²) in [6, 6.07) is 6.47. The molecule has 0 atom stereocenters. The number of benzene rings is 1. The Morgan fingerprint density at radius 1 is 1.38 bits per heavy atom. The molecule has 4 nitrogen and oxygen atoms in total. The van der Waals surface area contributed by atoms with Gasteiger partial charge in [0.2, 0.25) is 0 Å². The summed E-state index contributed by atoms with van der Waals surface area (Å²) in [7, 11) is 0. The summed E-state index contributed by atoms with van der Waals surface area (Å²) in [6.07, 6.45) is 2.21. The second-order valence-corrected chi connectivity index (χ2v) is 3.04. The average Bonchev–Trinajstić information content (AvgIpc) is 2.89. The van der Waals surface area contributed by atoms with Gasteiger partial charge in [0.15, 0.2) is 5.75 Å². The molecule has 0 unspecified atom stereocenters. The minimum Gasteiger partial charge on any atom is -0.483 e. The molecular weight excluding hydrogens is 170 g/mol. The lowest BCUT2D eigenvalue weighted by Gasteiger charge is -2.03. The van der Waals surface area contributed by atoms with E-state index in [0.717, 1.165) is 12.8 Å². The van der Waals surface area contributed by atoms with E-state index in [2.05, 4.69) is 0 Å². The zero-order chi connectivity index (χ0) is 9.26. The van der Waals surface area contributed by atoms with Crippen LogP contribution in [0.1, 0.15) is 12.8 Å². The van der Waals surface area contributed by atoms with Crippen molar-refractivity contribution in [1.82, 2.24) is 0 Å². The van der Waals surface area contributed by atoms with Gasteiger partial charge >= 0.3 is 5.69 Å². The quantitative estimate of drug-likeness (QED) is 0.527. The Hall–Kier alpha value is -1.58. The van der Waals surface area contributed by atoms with E-state index >= 15 is 0 Å². The monoisotopic (exact) mass is 179 g/mol. The van der Waals surface area contributed by atoms with E-state index in [0.29, 0.717) is 5.75 Å². The van der Waals surface area contributed by atoms with Crippen molar-refractivity contribution in [1.29, 1.82) is 0 Å². The highest BCUT2D eigenvalue weighted by molar-refractivity contribution is 5.45. The van der Waals surface area contributed by atoms with Crippen LogP contribution in [0.3, 0.4) is 0 Å². The Kier molecular flexibility index (Phi) is 1.88. The second kappa shape index (κ2) is 3.05. The van der Waals surface area contributed by atoms with Crippen molar-refractivity contribution in [2.75, 3.05) is 0 Å². The fourth-order valence-corrected chi connectivity index (χ4v) is 1.07. The van der Waals surface area contributed by atoms with Crippen LogP contribution in [0.25, 0.3) is 0 Å². The van der Waals surface area contributed by atoms with Gasteiger partial charge in [0, 0.05) is 6.07 Å². The fourth-order valence-electron chi connectivity index (χ4n) is 1.07. The van der Waals surface area contributed by atoms with Gasteiger partial charge in [-0.1, -0.05) is 12.1 Å². The fraction of sp³-hybridized carbons (Fsp3) is 0.333. The molecular formula is C9H9NO3. The van der Waals surface area contributed by atoms with Crippen molar-refractivity contribution in [2.24, 2.45) is 0 Å². The van der Waals surface area contributed by atoms with E-state index in [-0.39, 0.29) is 11.8 Å². The molecule has 0 saturated heterocycles. The third-order valence-corrected chi connectivity index (χ3v) is 1.88. The van der Waals surface area contributed by atoms with Crippen molar-refractivity contribution in [3.05, 3.63) is 34.4 Å². The molecule has 1 fully saturated rings. The number of hydrogen-bond donors (Lipinski definition) is 0. The second-order valence-electron chi connectivity index (χ2n) is 3.04. The maximum atomic E-state index is 10.5. The molecule has 0 aromatic heterocycles. The van der Waals surface area contributed by atoms with E-state index in [1.807, 2.05) is 0 Å². The van der Waals surface area contributed by atoms with Crippen molar-refractivity contribution in [3.63, 3.8) is 0 Å². The van der Waals surface area contributed by atoms with Crippen LogP contribution in [0.2, 0.25) is 0 Å². The number of hydrogen-bond acceptors (Lipinski definition) is 3. The van der Waals surface area contributed by atoms with Gasteiger partial charge in [-0.05, 0) is 18.9 Å². The third kappa shape index (κ3) is 1.77. The maximum Gasteiger partial charge on any atom is 0.310 e. The molecule has 1 aromatic rings. The van der Waals surface area contributed by atoms with Gasteiger partial charge in [-0.15, -0.1) is 0 Å². The van der Waals surface area contributed by atoms with Crippen molar-refractivity contribution < 1.29 is 9.66 Å². The molecule has 0 N–H and O–H groups in total. The summed E-state index contributed by atoms with van der Waals surface area (Å²) in [5.74, 6) is 0.384. The predicted octanol–water partition coefficient (Wildman–Crippen LogP) is 2.14. The number of nitrogens with zero attached hydrogens (tertiary/aromatic N) is 1. The molecule has 0 amide bonds. The molecule has 1 saturated carbocycles. The van der Waals surface area contributed by atoms with Crippen LogP contribution in [0.5, 0.6) is 5.75 Å². The summed E-state index contributed by atoms with van der Waals surface area (Å²) >= 11 is 0. The van der Waals surface area contributed by atoms with E-state index in [1.54, 1.807) is 18.2 Å². The first-order valence-electron chi connectivity index (χ1n) is 4.17. The smallest absolute Gasteiger partial charge is 0.310 e. The van der Waals surface area contributed by atoms with E-state index in [9.17, 15) is 10.1 Å². The molecule has 2 rings (SSSR count). The molecule has 13 heavy (non-hydrogen) atoms. The Labute approximate surface area is 75.3 Å². The lowest BCUT2D eigenvalue weighted by Crippen LogP contribution is -1.99. The first-order chi connectivity index (χ1) is 6.27. The molecule has 1 aliphatic carbocycles. The summed E-state index contributed by atoms with van der Waals surface area (Å²) in [5.41, 5.74) is 0.0504. The van der Waals surface area contributed by atoms with E-state index < -0.39 is 4.92 Å². The van der Waals surface area contributed by atoms with Gasteiger partial charge in [-0.3, -0.25) is 10.1 Å². The molecule has 1 aromatic carbocycles. The van der Waals surface area contributed by atoms with Crippen LogP contribution in [0.15, 0.2) is 24.3 Å². The predicted molar refractivity (Wildman–Crippen MR) is 46.7 cm³/mol. The summed E-state index contributed by atoms with van der Waals surface area (Å²) in [5, 5.41) is 10.5.